The highest BCUT2D eigenvalue weighted by Crippen LogP contribution is 2.36. The van der Waals surface area contributed by atoms with E-state index in [4.69, 9.17) is 18.8 Å². The summed E-state index contributed by atoms with van der Waals surface area (Å²) in [5.74, 6) is -7.09. The Morgan fingerprint density at radius 2 is 2.08 bits per heavy atom. The highest BCUT2D eigenvalue weighted by Gasteiger charge is 2.39. The first-order valence-corrected chi connectivity index (χ1v) is 8.06. The topological polar surface area (TPSA) is 98.0 Å². The molecule has 1 aliphatic rings. The third-order valence-corrected chi connectivity index (χ3v) is 3.34. The normalized spacial score (nSPS) is 49.2. The SMILES string of the molecule is [3H]/C(CC)=C(\[3H])C[C@]([3H])(O)/C([3H])=C/[C@]1([3H])[C@@]([3H])(C/C([3H])=C(/[3H])CCCC(=O)O)[C@@]([3H])(O)C[C@@]1([3H])O. The molecule has 4 N–H and O–H groups in total. The van der Waals surface area contributed by atoms with Crippen LogP contribution in [-0.4, -0.2) is 44.6 Å². The van der Waals surface area contributed by atoms with Gasteiger partial charge in [0.25, 0.3) is 0 Å². The van der Waals surface area contributed by atoms with E-state index in [0.717, 1.165) is 0 Å². The Hall–Kier alpha value is -1.43. The average molecular weight is 373 g/mol. The quantitative estimate of drug-likeness (QED) is 0.418. The Labute approximate surface area is 164 Å². The molecular formula is C20H32O5. The predicted octanol–water partition coefficient (Wildman–Crippen LogP) is 2.82. The lowest BCUT2D eigenvalue weighted by molar-refractivity contribution is -0.137. The van der Waals surface area contributed by atoms with Crippen molar-refractivity contribution in [3.05, 3.63) is 36.3 Å². The first kappa shape index (κ1) is 10.7. The minimum absolute atomic E-state index is 0.0114. The fourth-order valence-electron chi connectivity index (χ4n) is 2.10. The van der Waals surface area contributed by atoms with Crippen LogP contribution < -0.4 is 0 Å². The summed E-state index contributed by atoms with van der Waals surface area (Å²) >= 11 is 0. The molecule has 1 rings (SSSR count). The van der Waals surface area contributed by atoms with E-state index in [-0.39, 0.29) is 31.7 Å². The molecular weight excluding hydrogens is 320 g/mol. The molecule has 0 radical (unpaired) electrons. The van der Waals surface area contributed by atoms with Gasteiger partial charge in [0.1, 0.15) is 0 Å². The maximum absolute atomic E-state index is 10.7. The van der Waals surface area contributed by atoms with Crippen molar-refractivity contribution in [1.82, 2.24) is 0 Å². The van der Waals surface area contributed by atoms with Crippen molar-refractivity contribution in [2.45, 2.75) is 70.1 Å². The number of carboxylic acid groups (broad SMARTS) is 1. The van der Waals surface area contributed by atoms with Crippen molar-refractivity contribution in [2.75, 3.05) is 0 Å². The molecule has 0 heterocycles. The second-order valence-electron chi connectivity index (χ2n) is 5.36. The van der Waals surface area contributed by atoms with Crippen LogP contribution in [0.3, 0.4) is 0 Å². The van der Waals surface area contributed by atoms with E-state index in [1.807, 2.05) is 0 Å². The highest BCUT2D eigenvalue weighted by molar-refractivity contribution is 5.66. The number of rotatable bonds is 11. The van der Waals surface area contributed by atoms with Crippen molar-refractivity contribution in [3.63, 3.8) is 0 Å². The molecule has 1 fully saturated rings. The van der Waals surface area contributed by atoms with Gasteiger partial charge in [0.2, 0.25) is 0 Å². The summed E-state index contributed by atoms with van der Waals surface area (Å²) in [5.41, 5.74) is 0. The van der Waals surface area contributed by atoms with Gasteiger partial charge < -0.3 is 20.4 Å². The lowest BCUT2D eigenvalue weighted by Gasteiger charge is -2.19. The predicted molar refractivity (Wildman–Crippen MR) is 98.0 cm³/mol. The van der Waals surface area contributed by atoms with Crippen molar-refractivity contribution in [1.29, 1.82) is 0 Å². The van der Waals surface area contributed by atoms with Gasteiger partial charge in [-0.3, -0.25) is 4.79 Å². The molecule has 0 saturated heterocycles. The molecule has 1 saturated carbocycles. The first-order valence-electron chi connectivity index (χ1n) is 13.1. The molecule has 0 unspecified atom stereocenters. The number of aliphatic hydroxyl groups is 3. The van der Waals surface area contributed by atoms with Gasteiger partial charge in [0.15, 0.2) is 0 Å². The Kier molecular flexibility index (Phi) is 5.12. The Balaban J connectivity index is 3.52. The van der Waals surface area contributed by atoms with E-state index in [1.54, 1.807) is 6.92 Å². The van der Waals surface area contributed by atoms with Crippen LogP contribution in [0.15, 0.2) is 36.3 Å². The fraction of sp³-hybridized carbons (Fsp3) is 0.650. The monoisotopic (exact) mass is 372 g/mol. The third-order valence-electron chi connectivity index (χ3n) is 3.34. The number of aliphatic carboxylic acids is 1. The summed E-state index contributed by atoms with van der Waals surface area (Å²) in [5, 5.41) is 40.3. The minimum Gasteiger partial charge on any atom is -0.481 e. The van der Waals surface area contributed by atoms with Crippen molar-refractivity contribution in [3.8, 4) is 0 Å². The smallest absolute Gasteiger partial charge is 0.303 e. The lowest BCUT2D eigenvalue weighted by atomic mass is 9.89. The van der Waals surface area contributed by atoms with E-state index < -0.39 is 79.5 Å². The summed E-state index contributed by atoms with van der Waals surface area (Å²) in [6.45, 7) is 1.56. The molecule has 0 aliphatic heterocycles. The molecule has 0 amide bonds. The van der Waals surface area contributed by atoms with Gasteiger partial charge in [-0.2, -0.15) is 0 Å². The van der Waals surface area contributed by atoms with E-state index in [9.17, 15) is 20.1 Å². The van der Waals surface area contributed by atoms with E-state index >= 15 is 0 Å². The van der Waals surface area contributed by atoms with Crippen LogP contribution >= 0.6 is 0 Å². The highest BCUT2D eigenvalue weighted by atomic mass is 16.4. The van der Waals surface area contributed by atoms with Crippen LogP contribution in [0.4, 0.5) is 0 Å². The number of hydrogen-bond acceptors (Lipinski definition) is 4. The summed E-state index contributed by atoms with van der Waals surface area (Å²) in [6.07, 6.45) is -12.0. The summed E-state index contributed by atoms with van der Waals surface area (Å²) in [6, 6.07) is -2.89. The lowest BCUT2D eigenvalue weighted by Crippen LogP contribution is -2.20. The number of allylic oxidation sites excluding steroid dienone is 3. The van der Waals surface area contributed by atoms with Crippen molar-refractivity contribution >= 4 is 5.97 Å². The van der Waals surface area contributed by atoms with Gasteiger partial charge in [-0.1, -0.05) is 43.3 Å². The molecule has 0 aromatic rings. The summed E-state index contributed by atoms with van der Waals surface area (Å²) < 4.78 is 81.2. The van der Waals surface area contributed by atoms with E-state index in [0.29, 0.717) is 6.08 Å². The molecule has 5 atom stereocenters. The zero-order valence-corrected chi connectivity index (χ0v) is 14.2. The Bertz CT molecular complexity index is 914. The van der Waals surface area contributed by atoms with Gasteiger partial charge >= 0.3 is 5.97 Å². The molecule has 5 nitrogen and oxygen atoms in total. The molecule has 0 bridgehead atoms. The average Bonchev–Trinajstić information content (AvgIpc) is 2.80. The molecule has 25 heavy (non-hydrogen) atoms. The van der Waals surface area contributed by atoms with Gasteiger partial charge in [-0.05, 0) is 38.0 Å². The van der Waals surface area contributed by atoms with Gasteiger partial charge in [0.05, 0.1) is 29.2 Å². The minimum atomic E-state index is -3.08. The zero-order chi connectivity index (χ0) is 27.6. The molecule has 0 spiro atoms. The fourth-order valence-corrected chi connectivity index (χ4v) is 2.10. The van der Waals surface area contributed by atoms with E-state index in [2.05, 4.69) is 0 Å². The van der Waals surface area contributed by atoms with Crippen LogP contribution in [0.2, 0.25) is 0 Å². The number of carboxylic acids is 1. The third kappa shape index (κ3) is 8.47. The van der Waals surface area contributed by atoms with Crippen molar-refractivity contribution in [2.24, 2.45) is 11.8 Å². The van der Waals surface area contributed by atoms with Crippen LogP contribution in [0.1, 0.15) is 65.6 Å². The standard InChI is InChI=1S/C20H32O5/c1-2-3-6-9-15(21)12-13-17-16(18(22)14-19(17)23)10-7-4-5-8-11-20(24)25/h3-4,6-7,12-13,15-19,21-23H,2,5,8-11,14H2,1H3,(H,24,25)/b6-3-,7-4-,13-12+/t15-,16+,17+,18-,19+/m0/s1/i3T,4T,6T,7T,12T,15T,16T,17T,18T,19T. The summed E-state index contributed by atoms with van der Waals surface area (Å²) in [7, 11) is 0. The maximum atomic E-state index is 10.7. The van der Waals surface area contributed by atoms with Crippen molar-refractivity contribution < 1.29 is 38.9 Å². The second kappa shape index (κ2) is 12.0. The largest absolute Gasteiger partial charge is 0.481 e. The second-order valence-corrected chi connectivity index (χ2v) is 5.36. The van der Waals surface area contributed by atoms with Gasteiger partial charge in [-0.15, -0.1) is 0 Å². The van der Waals surface area contributed by atoms with Crippen LogP contribution in [-0.2, 0) is 4.79 Å². The van der Waals surface area contributed by atoms with Gasteiger partial charge in [-0.25, -0.2) is 0 Å². The van der Waals surface area contributed by atoms with Gasteiger partial charge in [0, 0.05) is 21.5 Å². The molecule has 142 valence electrons. The first-order chi connectivity index (χ1) is 15.7. The number of carbonyl (C=O) groups is 1. The maximum Gasteiger partial charge on any atom is 0.303 e. The molecule has 0 aromatic carbocycles. The summed E-state index contributed by atoms with van der Waals surface area (Å²) in [4.78, 5) is 10.7. The molecule has 0 aromatic heterocycles. The zero-order valence-electron chi connectivity index (χ0n) is 24.2. The Morgan fingerprint density at radius 1 is 1.32 bits per heavy atom. The molecule has 5 heteroatoms. The van der Waals surface area contributed by atoms with E-state index in [1.165, 1.54) is 0 Å². The Morgan fingerprint density at radius 3 is 2.76 bits per heavy atom. The van der Waals surface area contributed by atoms with Crippen LogP contribution in [0, 0.1) is 11.8 Å². The molecule has 1 aliphatic carbocycles. The number of hydrogen-bond donors (Lipinski definition) is 4. The van der Waals surface area contributed by atoms with Crippen LogP contribution in [0.5, 0.6) is 0 Å². The van der Waals surface area contributed by atoms with Crippen LogP contribution in [0.25, 0.3) is 0 Å².